The largest absolute Gasteiger partial charge is 0.386 e. The van der Waals surface area contributed by atoms with Crippen LogP contribution in [0.25, 0.3) is 0 Å². The van der Waals surface area contributed by atoms with Crippen LogP contribution in [0.2, 0.25) is 0 Å². The van der Waals surface area contributed by atoms with Gasteiger partial charge in [-0.15, -0.1) is 0 Å². The molecule has 1 aromatic heterocycles. The standard InChI is InChI=1S/C17H28N4O2/c1-19(2)17(23)11-16(22)15-10-14-12-20(8-9-21(14)18-15)13-6-4-3-5-7-13/h10,13,16,22H,3-9,11-12H2,1-2H3/t16-/m0/s1. The third-order valence-corrected chi connectivity index (χ3v) is 5.15. The van der Waals surface area contributed by atoms with Crippen molar-refractivity contribution in [2.45, 2.75) is 63.8 Å². The summed E-state index contributed by atoms with van der Waals surface area (Å²) in [7, 11) is 3.41. The number of fused-ring (bicyclic) bond motifs is 1. The molecule has 0 spiro atoms. The number of rotatable bonds is 4. The van der Waals surface area contributed by atoms with Crippen molar-refractivity contribution in [3.63, 3.8) is 0 Å². The van der Waals surface area contributed by atoms with Gasteiger partial charge in [0.25, 0.3) is 0 Å². The zero-order chi connectivity index (χ0) is 16.4. The number of aliphatic hydroxyl groups excluding tert-OH is 1. The molecule has 3 rings (SSSR count). The van der Waals surface area contributed by atoms with Gasteiger partial charge < -0.3 is 10.0 Å². The highest BCUT2D eigenvalue weighted by Gasteiger charge is 2.27. The summed E-state index contributed by atoms with van der Waals surface area (Å²) in [4.78, 5) is 15.8. The molecule has 0 bridgehead atoms. The average molecular weight is 320 g/mol. The smallest absolute Gasteiger partial charge is 0.225 e. The van der Waals surface area contributed by atoms with E-state index in [1.54, 1.807) is 14.1 Å². The van der Waals surface area contributed by atoms with E-state index in [2.05, 4.69) is 10.00 Å². The fourth-order valence-corrected chi connectivity index (χ4v) is 3.68. The molecule has 1 aromatic rings. The van der Waals surface area contributed by atoms with E-state index in [9.17, 15) is 9.90 Å². The minimum atomic E-state index is -0.814. The topological polar surface area (TPSA) is 61.6 Å². The van der Waals surface area contributed by atoms with Crippen LogP contribution < -0.4 is 0 Å². The van der Waals surface area contributed by atoms with Gasteiger partial charge in [-0.2, -0.15) is 5.10 Å². The Kier molecular flexibility index (Phi) is 5.02. The van der Waals surface area contributed by atoms with Crippen molar-refractivity contribution in [2.24, 2.45) is 0 Å². The monoisotopic (exact) mass is 320 g/mol. The molecule has 0 unspecified atom stereocenters. The van der Waals surface area contributed by atoms with E-state index in [4.69, 9.17) is 0 Å². The first-order chi connectivity index (χ1) is 11.0. The van der Waals surface area contributed by atoms with Crippen molar-refractivity contribution < 1.29 is 9.90 Å². The second-order valence-corrected chi connectivity index (χ2v) is 7.05. The summed E-state index contributed by atoms with van der Waals surface area (Å²) in [6.45, 7) is 2.82. The zero-order valence-electron chi connectivity index (χ0n) is 14.2. The Morgan fingerprint density at radius 3 is 2.78 bits per heavy atom. The summed E-state index contributed by atoms with van der Waals surface area (Å²) in [6.07, 6.45) is 5.95. The average Bonchev–Trinajstić information content (AvgIpc) is 2.98. The molecular weight excluding hydrogens is 292 g/mol. The molecular formula is C17H28N4O2. The molecule has 1 aliphatic heterocycles. The Morgan fingerprint density at radius 2 is 2.09 bits per heavy atom. The number of hydrogen-bond donors (Lipinski definition) is 1. The van der Waals surface area contributed by atoms with E-state index in [1.165, 1.54) is 37.0 Å². The third kappa shape index (κ3) is 3.75. The molecule has 6 heteroatoms. The number of carbonyl (C=O) groups excluding carboxylic acids is 1. The van der Waals surface area contributed by atoms with E-state index in [0.29, 0.717) is 11.7 Å². The lowest BCUT2D eigenvalue weighted by Gasteiger charge is -2.36. The van der Waals surface area contributed by atoms with Gasteiger partial charge in [-0.05, 0) is 18.9 Å². The van der Waals surface area contributed by atoms with E-state index in [1.807, 2.05) is 10.7 Å². The normalized spacial score (nSPS) is 21.0. The molecule has 0 radical (unpaired) electrons. The van der Waals surface area contributed by atoms with Crippen molar-refractivity contribution in [1.82, 2.24) is 19.6 Å². The summed E-state index contributed by atoms with van der Waals surface area (Å²) in [5, 5.41) is 14.8. The SMILES string of the molecule is CN(C)C(=O)C[C@H](O)c1cc2n(n1)CCN(C1CCCCC1)C2. The van der Waals surface area contributed by atoms with Crippen molar-refractivity contribution in [1.29, 1.82) is 0 Å². The molecule has 0 aromatic carbocycles. The lowest BCUT2D eigenvalue weighted by molar-refractivity contribution is -0.130. The van der Waals surface area contributed by atoms with Crippen LogP contribution in [0.15, 0.2) is 6.07 Å². The lowest BCUT2D eigenvalue weighted by atomic mass is 9.94. The van der Waals surface area contributed by atoms with Gasteiger partial charge >= 0.3 is 0 Å². The number of carbonyl (C=O) groups is 1. The van der Waals surface area contributed by atoms with Gasteiger partial charge in [0.05, 0.1) is 24.4 Å². The summed E-state index contributed by atoms with van der Waals surface area (Å²) in [6, 6.07) is 2.68. The summed E-state index contributed by atoms with van der Waals surface area (Å²) in [5.41, 5.74) is 1.79. The van der Waals surface area contributed by atoms with Gasteiger partial charge in [0.2, 0.25) is 5.91 Å². The quantitative estimate of drug-likeness (QED) is 0.914. The van der Waals surface area contributed by atoms with E-state index in [-0.39, 0.29) is 12.3 Å². The molecule has 1 fully saturated rings. The maximum Gasteiger partial charge on any atom is 0.225 e. The lowest BCUT2D eigenvalue weighted by Crippen LogP contribution is -2.42. The molecule has 0 saturated heterocycles. The first-order valence-corrected chi connectivity index (χ1v) is 8.73. The highest BCUT2D eigenvalue weighted by Crippen LogP contribution is 2.27. The van der Waals surface area contributed by atoms with Crippen LogP contribution in [0.5, 0.6) is 0 Å². The number of amides is 1. The highest BCUT2D eigenvalue weighted by molar-refractivity contribution is 5.76. The van der Waals surface area contributed by atoms with Crippen LogP contribution in [-0.2, 0) is 17.9 Å². The van der Waals surface area contributed by atoms with Gasteiger partial charge in [0, 0.05) is 33.2 Å². The van der Waals surface area contributed by atoms with Gasteiger partial charge in [-0.3, -0.25) is 14.4 Å². The van der Waals surface area contributed by atoms with Crippen LogP contribution in [-0.4, -0.2) is 57.3 Å². The van der Waals surface area contributed by atoms with Crippen LogP contribution in [0, 0.1) is 0 Å². The Hall–Kier alpha value is -1.40. The molecule has 128 valence electrons. The van der Waals surface area contributed by atoms with Crippen LogP contribution in [0.4, 0.5) is 0 Å². The summed E-state index contributed by atoms with van der Waals surface area (Å²) in [5.74, 6) is -0.0766. The van der Waals surface area contributed by atoms with Crippen molar-refractivity contribution in [2.75, 3.05) is 20.6 Å². The molecule has 2 heterocycles. The highest BCUT2D eigenvalue weighted by atomic mass is 16.3. The molecule has 6 nitrogen and oxygen atoms in total. The summed E-state index contributed by atoms with van der Waals surface area (Å²) >= 11 is 0. The molecule has 23 heavy (non-hydrogen) atoms. The maximum atomic E-state index is 11.8. The number of aliphatic hydroxyl groups is 1. The third-order valence-electron chi connectivity index (χ3n) is 5.15. The Bertz CT molecular complexity index is 549. The van der Waals surface area contributed by atoms with Crippen molar-refractivity contribution >= 4 is 5.91 Å². The number of hydrogen-bond acceptors (Lipinski definition) is 4. The van der Waals surface area contributed by atoms with E-state index >= 15 is 0 Å². The second kappa shape index (κ2) is 7.01. The van der Waals surface area contributed by atoms with Crippen molar-refractivity contribution in [3.8, 4) is 0 Å². The Morgan fingerprint density at radius 1 is 1.35 bits per heavy atom. The van der Waals surface area contributed by atoms with Gasteiger partial charge in [-0.25, -0.2) is 0 Å². The van der Waals surface area contributed by atoms with Gasteiger partial charge in [-0.1, -0.05) is 19.3 Å². The maximum absolute atomic E-state index is 11.8. The number of nitrogens with zero attached hydrogens (tertiary/aromatic N) is 4. The molecule has 1 atom stereocenters. The minimum Gasteiger partial charge on any atom is -0.386 e. The van der Waals surface area contributed by atoms with Gasteiger partial charge in [0.1, 0.15) is 6.10 Å². The fourth-order valence-electron chi connectivity index (χ4n) is 3.68. The first kappa shape index (κ1) is 16.5. The van der Waals surface area contributed by atoms with Crippen LogP contribution in [0.1, 0.15) is 56.0 Å². The van der Waals surface area contributed by atoms with Gasteiger partial charge in [0.15, 0.2) is 0 Å². The molecule has 1 amide bonds. The number of aromatic nitrogens is 2. The van der Waals surface area contributed by atoms with E-state index in [0.717, 1.165) is 25.3 Å². The van der Waals surface area contributed by atoms with Crippen LogP contribution >= 0.6 is 0 Å². The molecule has 2 aliphatic rings. The zero-order valence-corrected chi connectivity index (χ0v) is 14.2. The minimum absolute atomic E-state index is 0.0766. The predicted molar refractivity (Wildman–Crippen MR) is 87.8 cm³/mol. The van der Waals surface area contributed by atoms with Crippen LogP contribution in [0.3, 0.4) is 0 Å². The molecule has 1 aliphatic carbocycles. The van der Waals surface area contributed by atoms with Crippen molar-refractivity contribution in [3.05, 3.63) is 17.5 Å². The molecule has 1 N–H and O–H groups in total. The predicted octanol–water partition coefficient (Wildman–Crippen LogP) is 1.54. The summed E-state index contributed by atoms with van der Waals surface area (Å²) < 4.78 is 2.00. The Balaban J connectivity index is 1.65. The second-order valence-electron chi connectivity index (χ2n) is 7.05. The first-order valence-electron chi connectivity index (χ1n) is 8.73. The fraction of sp³-hybridized carbons (Fsp3) is 0.765. The van der Waals surface area contributed by atoms with E-state index < -0.39 is 6.10 Å². The Labute approximate surface area is 138 Å². The molecule has 1 saturated carbocycles.